The van der Waals surface area contributed by atoms with Gasteiger partial charge < -0.3 is 15.4 Å². The van der Waals surface area contributed by atoms with E-state index in [1.165, 1.54) is 17.5 Å². The van der Waals surface area contributed by atoms with Crippen LogP contribution >= 0.6 is 12.4 Å². The minimum atomic E-state index is 0. The van der Waals surface area contributed by atoms with Crippen LogP contribution in [0.1, 0.15) is 57.6 Å². The number of carbonyl (C=O) groups is 1. The molecule has 1 amide bonds. The maximum atomic E-state index is 12.3. The summed E-state index contributed by atoms with van der Waals surface area (Å²) in [6, 6.07) is 9.18. The third-order valence-corrected chi connectivity index (χ3v) is 5.73. The van der Waals surface area contributed by atoms with Crippen molar-refractivity contribution in [2.75, 3.05) is 26.3 Å². The summed E-state index contributed by atoms with van der Waals surface area (Å²) in [5.74, 6) is 0.126. The van der Waals surface area contributed by atoms with Gasteiger partial charge in [0.05, 0.1) is 13.2 Å². The first kappa shape index (κ1) is 21.2. The van der Waals surface area contributed by atoms with Crippen molar-refractivity contribution in [2.45, 2.75) is 63.3 Å². The van der Waals surface area contributed by atoms with Crippen LogP contribution in [0.15, 0.2) is 24.3 Å². The minimum absolute atomic E-state index is 0. The molecule has 0 radical (unpaired) electrons. The fraction of sp³-hybridized carbons (Fsp3) is 0.667. The highest BCUT2D eigenvalue weighted by molar-refractivity contribution is 5.85. The lowest BCUT2D eigenvalue weighted by atomic mass is 9.64. The molecule has 0 aromatic heterocycles. The molecule has 1 unspecified atom stereocenters. The molecule has 3 rings (SSSR count). The maximum absolute atomic E-state index is 12.3. The number of halogens is 1. The lowest BCUT2D eigenvalue weighted by Crippen LogP contribution is -2.48. The molecule has 2 fully saturated rings. The van der Waals surface area contributed by atoms with Gasteiger partial charge in [-0.1, -0.05) is 51.5 Å². The topological polar surface area (TPSA) is 50.4 Å². The molecule has 1 aliphatic carbocycles. The van der Waals surface area contributed by atoms with Crippen LogP contribution in [0.5, 0.6) is 0 Å². The summed E-state index contributed by atoms with van der Waals surface area (Å²) in [5.41, 5.74) is 3.03. The van der Waals surface area contributed by atoms with Gasteiger partial charge in [-0.25, -0.2) is 0 Å². The Kier molecular flexibility index (Phi) is 7.12. The Morgan fingerprint density at radius 3 is 2.46 bits per heavy atom. The van der Waals surface area contributed by atoms with Crippen molar-refractivity contribution in [3.05, 3.63) is 35.4 Å². The Hall–Kier alpha value is -1.10. The van der Waals surface area contributed by atoms with Gasteiger partial charge in [0.15, 0.2) is 0 Å². The Bertz CT molecular complexity index is 585. The predicted molar refractivity (Wildman–Crippen MR) is 108 cm³/mol. The van der Waals surface area contributed by atoms with Crippen LogP contribution in [0.3, 0.4) is 0 Å². The summed E-state index contributed by atoms with van der Waals surface area (Å²) in [6.07, 6.45) is 4.06. The van der Waals surface area contributed by atoms with Gasteiger partial charge in [-0.15, -0.1) is 12.4 Å². The summed E-state index contributed by atoms with van der Waals surface area (Å²) < 4.78 is 5.43. The Labute approximate surface area is 163 Å². The van der Waals surface area contributed by atoms with Crippen LogP contribution in [0.4, 0.5) is 0 Å². The van der Waals surface area contributed by atoms with Gasteiger partial charge in [0.25, 0.3) is 0 Å². The molecule has 2 N–H and O–H groups in total. The van der Waals surface area contributed by atoms with Crippen molar-refractivity contribution < 1.29 is 9.53 Å². The lowest BCUT2D eigenvalue weighted by molar-refractivity contribution is -0.122. The molecule has 0 bridgehead atoms. The quantitative estimate of drug-likeness (QED) is 0.823. The van der Waals surface area contributed by atoms with Gasteiger partial charge in [-0.3, -0.25) is 4.79 Å². The number of hydrogen-bond donors (Lipinski definition) is 2. The molecule has 2 aliphatic rings. The first-order chi connectivity index (χ1) is 11.9. The zero-order chi connectivity index (χ0) is 17.9. The lowest BCUT2D eigenvalue weighted by Gasteiger charge is -2.43. The molecule has 0 spiro atoms. The zero-order valence-electron chi connectivity index (χ0n) is 16.3. The third-order valence-electron chi connectivity index (χ3n) is 5.73. The predicted octanol–water partition coefficient (Wildman–Crippen LogP) is 3.32. The molecular weight excluding hydrogens is 348 g/mol. The van der Waals surface area contributed by atoms with E-state index in [2.05, 4.69) is 55.7 Å². The first-order valence-corrected chi connectivity index (χ1v) is 9.58. The van der Waals surface area contributed by atoms with Crippen molar-refractivity contribution >= 4 is 18.3 Å². The monoisotopic (exact) mass is 380 g/mol. The van der Waals surface area contributed by atoms with E-state index in [1.807, 2.05) is 0 Å². The SMILES string of the molecule is CC(C)(C)c1ccc(C2(CNC(=O)CC3COCCN3)CCC2)cc1.Cl. The second kappa shape index (κ2) is 8.73. The van der Waals surface area contributed by atoms with E-state index < -0.39 is 0 Å². The molecule has 1 saturated carbocycles. The molecule has 1 aromatic rings. The van der Waals surface area contributed by atoms with Crippen molar-refractivity contribution in [3.63, 3.8) is 0 Å². The Morgan fingerprint density at radius 2 is 1.96 bits per heavy atom. The smallest absolute Gasteiger partial charge is 0.221 e. The third kappa shape index (κ3) is 4.99. The number of benzene rings is 1. The van der Waals surface area contributed by atoms with E-state index in [9.17, 15) is 4.79 Å². The van der Waals surface area contributed by atoms with Crippen LogP contribution in [-0.2, 0) is 20.4 Å². The molecule has 5 heteroatoms. The Morgan fingerprint density at radius 1 is 1.27 bits per heavy atom. The van der Waals surface area contributed by atoms with Crippen LogP contribution < -0.4 is 10.6 Å². The summed E-state index contributed by atoms with van der Waals surface area (Å²) in [7, 11) is 0. The van der Waals surface area contributed by atoms with E-state index in [0.29, 0.717) is 13.0 Å². The van der Waals surface area contributed by atoms with Gasteiger partial charge >= 0.3 is 0 Å². The molecule has 1 heterocycles. The highest BCUT2D eigenvalue weighted by Crippen LogP contribution is 2.43. The number of morpholine rings is 1. The summed E-state index contributed by atoms with van der Waals surface area (Å²) >= 11 is 0. The van der Waals surface area contributed by atoms with Gasteiger partial charge in [0.1, 0.15) is 0 Å². The first-order valence-electron chi connectivity index (χ1n) is 9.58. The van der Waals surface area contributed by atoms with Crippen LogP contribution in [0.2, 0.25) is 0 Å². The van der Waals surface area contributed by atoms with Crippen molar-refractivity contribution in [3.8, 4) is 0 Å². The molecule has 1 aromatic carbocycles. The van der Waals surface area contributed by atoms with Crippen molar-refractivity contribution in [1.29, 1.82) is 0 Å². The van der Waals surface area contributed by atoms with Gasteiger partial charge in [-0.2, -0.15) is 0 Å². The molecule has 4 nitrogen and oxygen atoms in total. The largest absolute Gasteiger partial charge is 0.378 e. The Balaban J connectivity index is 0.00000243. The second-order valence-corrected chi connectivity index (χ2v) is 8.67. The number of hydrogen-bond acceptors (Lipinski definition) is 3. The van der Waals surface area contributed by atoms with E-state index in [4.69, 9.17) is 4.74 Å². The van der Waals surface area contributed by atoms with Crippen LogP contribution in [0.25, 0.3) is 0 Å². The number of carbonyl (C=O) groups excluding carboxylic acids is 1. The summed E-state index contributed by atoms with van der Waals surface area (Å²) in [6.45, 7) is 9.67. The normalized spacial score (nSPS) is 22.0. The molecule has 1 saturated heterocycles. The van der Waals surface area contributed by atoms with E-state index in [0.717, 1.165) is 32.5 Å². The van der Waals surface area contributed by atoms with Crippen LogP contribution in [0, 0.1) is 0 Å². The highest BCUT2D eigenvalue weighted by atomic mass is 35.5. The molecular formula is C21H33ClN2O2. The number of rotatable bonds is 5. The molecule has 1 atom stereocenters. The standard InChI is InChI=1S/C21H32N2O2.ClH/c1-20(2,3)16-5-7-17(8-6-16)21(9-4-10-21)15-23-19(24)13-18-14-25-12-11-22-18;/h5-8,18,22H,4,9-15H2,1-3H3,(H,23,24);1H. The van der Waals surface area contributed by atoms with E-state index >= 15 is 0 Å². The minimum Gasteiger partial charge on any atom is -0.378 e. The van der Waals surface area contributed by atoms with Crippen molar-refractivity contribution in [1.82, 2.24) is 10.6 Å². The molecule has 26 heavy (non-hydrogen) atoms. The maximum Gasteiger partial charge on any atom is 0.221 e. The average Bonchev–Trinajstić information content (AvgIpc) is 2.54. The molecule has 1 aliphatic heterocycles. The second-order valence-electron chi connectivity index (χ2n) is 8.67. The number of ether oxygens (including phenoxy) is 1. The highest BCUT2D eigenvalue weighted by Gasteiger charge is 2.39. The fourth-order valence-electron chi connectivity index (χ4n) is 3.81. The van der Waals surface area contributed by atoms with E-state index in [1.54, 1.807) is 0 Å². The zero-order valence-corrected chi connectivity index (χ0v) is 17.1. The van der Waals surface area contributed by atoms with Crippen LogP contribution in [-0.4, -0.2) is 38.3 Å². The summed E-state index contributed by atoms with van der Waals surface area (Å²) in [4.78, 5) is 12.3. The number of amides is 1. The fourth-order valence-corrected chi connectivity index (χ4v) is 3.81. The van der Waals surface area contributed by atoms with Crippen molar-refractivity contribution in [2.24, 2.45) is 0 Å². The van der Waals surface area contributed by atoms with Gasteiger partial charge in [-0.05, 0) is 29.4 Å². The molecule has 146 valence electrons. The van der Waals surface area contributed by atoms with E-state index in [-0.39, 0.29) is 35.2 Å². The van der Waals surface area contributed by atoms with Gasteiger partial charge in [0.2, 0.25) is 5.91 Å². The number of nitrogens with one attached hydrogen (secondary N) is 2. The summed E-state index contributed by atoms with van der Waals surface area (Å²) in [5, 5.41) is 6.52. The average molecular weight is 381 g/mol. The van der Waals surface area contributed by atoms with Gasteiger partial charge in [0, 0.05) is 31.0 Å².